The third kappa shape index (κ3) is 2.03. The van der Waals surface area contributed by atoms with Crippen molar-refractivity contribution in [3.8, 4) is 0 Å². The van der Waals surface area contributed by atoms with E-state index in [0.29, 0.717) is 0 Å². The molecule has 1 aliphatic rings. The molecule has 1 heterocycles. The van der Waals surface area contributed by atoms with E-state index in [-0.39, 0.29) is 5.92 Å². The van der Waals surface area contributed by atoms with Gasteiger partial charge >= 0.3 is 0 Å². The fourth-order valence-corrected chi connectivity index (χ4v) is 4.34. The lowest BCUT2D eigenvalue weighted by Gasteiger charge is -2.21. The van der Waals surface area contributed by atoms with Crippen molar-refractivity contribution in [3.05, 3.63) is 76.2 Å². The first-order chi connectivity index (χ1) is 10.4. The Morgan fingerprint density at radius 2 is 1.76 bits per heavy atom. The van der Waals surface area contributed by atoms with Crippen LogP contribution in [-0.4, -0.2) is 6.29 Å². The van der Waals surface area contributed by atoms with Gasteiger partial charge in [0.25, 0.3) is 0 Å². The highest BCUT2D eigenvalue weighted by atomic mass is 32.1. The Labute approximate surface area is 127 Å². The van der Waals surface area contributed by atoms with Crippen molar-refractivity contribution in [2.45, 2.75) is 12.3 Å². The fraction of sp³-hybridized carbons (Fsp3) is 0.105. The van der Waals surface area contributed by atoms with E-state index in [4.69, 9.17) is 0 Å². The molecule has 0 amide bonds. The lowest BCUT2D eigenvalue weighted by molar-refractivity contribution is -0.105. The Hall–Kier alpha value is -2.19. The van der Waals surface area contributed by atoms with Gasteiger partial charge in [0.2, 0.25) is 0 Å². The van der Waals surface area contributed by atoms with E-state index in [1.165, 1.54) is 26.1 Å². The minimum Gasteiger partial charge on any atom is -0.298 e. The number of carbonyl (C=O) groups is 1. The predicted octanol–water partition coefficient (Wildman–Crippen LogP) is 4.82. The quantitative estimate of drug-likeness (QED) is 0.618. The lowest BCUT2D eigenvalue weighted by Crippen LogP contribution is -2.11. The molecule has 1 aliphatic carbocycles. The van der Waals surface area contributed by atoms with E-state index < -0.39 is 0 Å². The smallest absolute Gasteiger partial charge is 0.146 e. The molecule has 0 radical (unpaired) electrons. The minimum atomic E-state index is 0.185. The third-order valence-corrected chi connectivity index (χ3v) is 5.36. The van der Waals surface area contributed by atoms with E-state index in [1.807, 2.05) is 29.5 Å². The Morgan fingerprint density at radius 1 is 1.00 bits per heavy atom. The maximum Gasteiger partial charge on any atom is 0.146 e. The number of benzene rings is 2. The highest BCUT2D eigenvalue weighted by Gasteiger charge is 2.25. The van der Waals surface area contributed by atoms with E-state index in [0.717, 1.165) is 18.3 Å². The van der Waals surface area contributed by atoms with Crippen LogP contribution in [0.2, 0.25) is 0 Å². The van der Waals surface area contributed by atoms with Crippen molar-refractivity contribution >= 4 is 33.8 Å². The molecule has 2 aromatic carbocycles. The van der Waals surface area contributed by atoms with Crippen LogP contribution in [0.1, 0.15) is 21.9 Å². The number of carbonyl (C=O) groups excluding carboxylic acids is 1. The lowest BCUT2D eigenvalue weighted by atomic mass is 9.83. The van der Waals surface area contributed by atoms with Crippen LogP contribution < -0.4 is 0 Å². The number of allylic oxidation sites excluding steroid dienone is 1. The van der Waals surface area contributed by atoms with Crippen LogP contribution >= 0.6 is 11.3 Å². The Kier molecular flexibility index (Phi) is 2.97. The zero-order valence-corrected chi connectivity index (χ0v) is 12.3. The maximum atomic E-state index is 11.5. The molecule has 1 nitrogen and oxygen atoms in total. The van der Waals surface area contributed by atoms with Gasteiger partial charge in [0.15, 0.2) is 0 Å². The average molecular weight is 290 g/mol. The largest absolute Gasteiger partial charge is 0.298 e. The van der Waals surface area contributed by atoms with Gasteiger partial charge < -0.3 is 0 Å². The molecule has 1 atom stereocenters. The van der Waals surface area contributed by atoms with Gasteiger partial charge in [-0.05, 0) is 35.1 Å². The molecule has 0 bridgehead atoms. The molecule has 21 heavy (non-hydrogen) atoms. The van der Waals surface area contributed by atoms with Crippen molar-refractivity contribution in [2.24, 2.45) is 0 Å². The first-order valence-electron chi connectivity index (χ1n) is 7.09. The van der Waals surface area contributed by atoms with Crippen LogP contribution in [0.4, 0.5) is 0 Å². The van der Waals surface area contributed by atoms with Gasteiger partial charge in [0.05, 0.1) is 0 Å². The number of aldehydes is 1. The van der Waals surface area contributed by atoms with Crippen LogP contribution in [0.25, 0.3) is 16.2 Å². The highest BCUT2D eigenvalue weighted by Crippen LogP contribution is 2.42. The van der Waals surface area contributed by atoms with Gasteiger partial charge in [-0.3, -0.25) is 4.79 Å². The summed E-state index contributed by atoms with van der Waals surface area (Å²) in [5.41, 5.74) is 3.35. The van der Waals surface area contributed by atoms with Gasteiger partial charge in [-0.15, -0.1) is 11.3 Å². The zero-order valence-electron chi connectivity index (χ0n) is 11.5. The van der Waals surface area contributed by atoms with Crippen molar-refractivity contribution in [1.82, 2.24) is 0 Å². The molecule has 3 aromatic rings. The second kappa shape index (κ2) is 4.97. The monoisotopic (exact) mass is 290 g/mol. The molecular formula is C19H14OS. The summed E-state index contributed by atoms with van der Waals surface area (Å²) in [5, 5.41) is 1.27. The number of rotatable bonds is 2. The van der Waals surface area contributed by atoms with Gasteiger partial charge in [-0.1, -0.05) is 48.5 Å². The summed E-state index contributed by atoms with van der Waals surface area (Å²) in [7, 11) is 0. The minimum absolute atomic E-state index is 0.185. The third-order valence-electron chi connectivity index (χ3n) is 4.15. The molecule has 0 spiro atoms. The van der Waals surface area contributed by atoms with Crippen LogP contribution in [0.15, 0.2) is 60.2 Å². The molecule has 0 unspecified atom stereocenters. The highest BCUT2D eigenvalue weighted by molar-refractivity contribution is 7.19. The Bertz CT molecular complexity index is 842. The van der Waals surface area contributed by atoms with Gasteiger partial charge in [-0.25, -0.2) is 0 Å². The SMILES string of the molecule is O=CC1=Cc2c(sc3ccccc23)C[C@@H]1c1ccccc1. The number of hydrogen-bond donors (Lipinski definition) is 0. The molecule has 1 aromatic heterocycles. The molecule has 0 saturated carbocycles. The van der Waals surface area contributed by atoms with Gasteiger partial charge in [0.1, 0.15) is 6.29 Å². The summed E-state index contributed by atoms with van der Waals surface area (Å²) in [6, 6.07) is 18.8. The van der Waals surface area contributed by atoms with Crippen LogP contribution in [0.3, 0.4) is 0 Å². The molecule has 0 fully saturated rings. The van der Waals surface area contributed by atoms with Crippen LogP contribution in [0.5, 0.6) is 0 Å². The van der Waals surface area contributed by atoms with E-state index in [2.05, 4.69) is 42.5 Å². The second-order valence-corrected chi connectivity index (χ2v) is 6.50. The standard InChI is InChI=1S/C19H14OS/c20-12-14-10-17-15-8-4-5-9-18(15)21-19(17)11-16(14)13-6-2-1-3-7-13/h1-10,12,16H,11H2/t16-/m1/s1. The Balaban J connectivity index is 1.88. The molecule has 2 heteroatoms. The first kappa shape index (κ1) is 12.5. The van der Waals surface area contributed by atoms with Crippen molar-refractivity contribution in [2.75, 3.05) is 0 Å². The number of hydrogen-bond acceptors (Lipinski definition) is 2. The Morgan fingerprint density at radius 3 is 2.57 bits per heavy atom. The van der Waals surface area contributed by atoms with E-state index >= 15 is 0 Å². The summed E-state index contributed by atoms with van der Waals surface area (Å²) < 4.78 is 1.30. The molecular weight excluding hydrogens is 276 g/mol. The normalized spacial score (nSPS) is 17.3. The summed E-state index contributed by atoms with van der Waals surface area (Å²) in [6.07, 6.45) is 4.03. The van der Waals surface area contributed by atoms with Gasteiger partial charge in [0, 0.05) is 21.1 Å². The molecule has 0 saturated heterocycles. The second-order valence-electron chi connectivity index (χ2n) is 5.36. The van der Waals surface area contributed by atoms with Crippen LogP contribution in [0, 0.1) is 0 Å². The van der Waals surface area contributed by atoms with E-state index in [1.54, 1.807) is 0 Å². The molecule has 0 aliphatic heterocycles. The maximum absolute atomic E-state index is 11.5. The number of thiophene rings is 1. The van der Waals surface area contributed by atoms with E-state index in [9.17, 15) is 4.79 Å². The topological polar surface area (TPSA) is 17.1 Å². The fourth-order valence-electron chi connectivity index (χ4n) is 3.11. The van der Waals surface area contributed by atoms with Crippen molar-refractivity contribution in [1.29, 1.82) is 0 Å². The molecule has 0 N–H and O–H groups in total. The summed E-state index contributed by atoms with van der Waals surface area (Å²) >= 11 is 1.85. The van der Waals surface area contributed by atoms with Gasteiger partial charge in [-0.2, -0.15) is 0 Å². The van der Waals surface area contributed by atoms with Crippen molar-refractivity contribution < 1.29 is 4.79 Å². The summed E-state index contributed by atoms with van der Waals surface area (Å²) in [6.45, 7) is 0. The predicted molar refractivity (Wildman–Crippen MR) is 88.8 cm³/mol. The average Bonchev–Trinajstić information content (AvgIpc) is 2.92. The molecule has 102 valence electrons. The first-order valence-corrected chi connectivity index (χ1v) is 7.90. The zero-order chi connectivity index (χ0) is 14.2. The summed E-state index contributed by atoms with van der Waals surface area (Å²) in [5.74, 6) is 0.185. The van der Waals surface area contributed by atoms with Crippen molar-refractivity contribution in [3.63, 3.8) is 0 Å². The molecule has 4 rings (SSSR count). The summed E-state index contributed by atoms with van der Waals surface area (Å²) in [4.78, 5) is 12.9. The van der Waals surface area contributed by atoms with Crippen LogP contribution in [-0.2, 0) is 11.2 Å². The number of fused-ring (bicyclic) bond motifs is 3.